The number of aliphatic hydroxyl groups excluding tert-OH is 2. The Morgan fingerprint density at radius 3 is 1.52 bits per heavy atom. The molecule has 0 bridgehead atoms. The molecule has 0 aliphatic heterocycles. The second-order valence-corrected chi connectivity index (χ2v) is 3.77. The zero-order chi connectivity index (χ0) is 17.1. The summed E-state index contributed by atoms with van der Waals surface area (Å²) in [6.45, 7) is -3.82. The average Bonchev–Trinajstić information content (AvgIpc) is 2.36. The van der Waals surface area contributed by atoms with Crippen molar-refractivity contribution < 1.29 is 51.3 Å². The number of rotatable bonds is 8. The van der Waals surface area contributed by atoms with Crippen LogP contribution in [0.25, 0.3) is 0 Å². The van der Waals surface area contributed by atoms with Crippen LogP contribution in [0.1, 0.15) is 0 Å². The first-order valence-electron chi connectivity index (χ1n) is 5.25. The Labute approximate surface area is 113 Å². The van der Waals surface area contributed by atoms with E-state index in [4.69, 9.17) is 15.3 Å². The van der Waals surface area contributed by atoms with Gasteiger partial charge in [0, 0.05) is 13.1 Å². The summed E-state index contributed by atoms with van der Waals surface area (Å²) in [7, 11) is 0. The predicted octanol–water partition coefficient (Wildman–Crippen LogP) is -0.210. The van der Waals surface area contributed by atoms with Crippen LogP contribution in [0.4, 0.5) is 26.3 Å². The van der Waals surface area contributed by atoms with Crippen molar-refractivity contribution in [2.75, 3.05) is 26.3 Å². The Morgan fingerprint density at radius 2 is 1.24 bits per heavy atom. The fourth-order valence-electron chi connectivity index (χ4n) is 1.22. The molecule has 0 aliphatic rings. The lowest BCUT2D eigenvalue weighted by Crippen LogP contribution is -2.64. The van der Waals surface area contributed by atoms with Crippen LogP contribution in [0.15, 0.2) is 0 Å². The molecule has 0 atom stereocenters. The standard InChI is InChI=1S/C9H11F6NO5/c10-7(11,5(19)16(1-3-17)2-4-18)9(14,15)8(12,13)6(20)21/h17-18H,1-4H2,(H,20,21). The molecule has 0 saturated carbocycles. The van der Waals surface area contributed by atoms with Gasteiger partial charge in [0.05, 0.1) is 13.2 Å². The van der Waals surface area contributed by atoms with E-state index < -0.39 is 55.9 Å². The van der Waals surface area contributed by atoms with Crippen LogP contribution >= 0.6 is 0 Å². The van der Waals surface area contributed by atoms with Crippen molar-refractivity contribution in [3.05, 3.63) is 0 Å². The fourth-order valence-corrected chi connectivity index (χ4v) is 1.22. The zero-order valence-corrected chi connectivity index (χ0v) is 10.2. The number of carbonyl (C=O) groups is 2. The number of hydrogen-bond donors (Lipinski definition) is 3. The number of carboxylic acids is 1. The molecule has 6 nitrogen and oxygen atoms in total. The highest BCUT2D eigenvalue weighted by Gasteiger charge is 2.78. The van der Waals surface area contributed by atoms with Gasteiger partial charge in [0.1, 0.15) is 0 Å². The molecule has 0 aliphatic carbocycles. The highest BCUT2D eigenvalue weighted by Crippen LogP contribution is 2.46. The number of nitrogens with zero attached hydrogens (tertiary/aromatic N) is 1. The average molecular weight is 327 g/mol. The molecule has 124 valence electrons. The van der Waals surface area contributed by atoms with Crippen LogP contribution < -0.4 is 0 Å². The van der Waals surface area contributed by atoms with Crippen molar-refractivity contribution in [2.45, 2.75) is 17.8 Å². The number of carbonyl (C=O) groups excluding carboxylic acids is 1. The summed E-state index contributed by atoms with van der Waals surface area (Å²) in [5.74, 6) is -25.1. The largest absolute Gasteiger partial charge is 0.477 e. The quantitative estimate of drug-likeness (QED) is 0.536. The van der Waals surface area contributed by atoms with E-state index in [2.05, 4.69) is 0 Å². The SMILES string of the molecule is O=C(O)C(F)(F)C(F)(F)C(F)(F)C(=O)N(CCO)CCO. The van der Waals surface area contributed by atoms with Crippen molar-refractivity contribution in [3.8, 4) is 0 Å². The Bertz CT molecular complexity index is 396. The van der Waals surface area contributed by atoms with Gasteiger partial charge < -0.3 is 20.2 Å². The lowest BCUT2D eigenvalue weighted by Gasteiger charge is -2.32. The van der Waals surface area contributed by atoms with Gasteiger partial charge in [-0.2, -0.15) is 26.3 Å². The highest BCUT2D eigenvalue weighted by molar-refractivity contribution is 5.87. The molecule has 0 aromatic rings. The van der Waals surface area contributed by atoms with E-state index in [9.17, 15) is 35.9 Å². The fraction of sp³-hybridized carbons (Fsp3) is 0.778. The van der Waals surface area contributed by atoms with Gasteiger partial charge in [-0.05, 0) is 0 Å². The van der Waals surface area contributed by atoms with E-state index in [1.807, 2.05) is 0 Å². The van der Waals surface area contributed by atoms with Gasteiger partial charge in [0.2, 0.25) is 0 Å². The molecule has 3 N–H and O–H groups in total. The lowest BCUT2D eigenvalue weighted by atomic mass is 10.0. The van der Waals surface area contributed by atoms with Crippen LogP contribution in [-0.2, 0) is 9.59 Å². The Hall–Kier alpha value is -1.56. The van der Waals surface area contributed by atoms with E-state index in [1.165, 1.54) is 0 Å². The normalized spacial score (nSPS) is 13.1. The molecule has 0 heterocycles. The van der Waals surface area contributed by atoms with Gasteiger partial charge in [0.25, 0.3) is 5.91 Å². The third-order valence-corrected chi connectivity index (χ3v) is 2.35. The van der Waals surface area contributed by atoms with E-state index in [-0.39, 0.29) is 4.90 Å². The van der Waals surface area contributed by atoms with Crippen molar-refractivity contribution >= 4 is 11.9 Å². The van der Waals surface area contributed by atoms with Gasteiger partial charge in [-0.25, -0.2) is 4.79 Å². The van der Waals surface area contributed by atoms with Crippen molar-refractivity contribution in [1.29, 1.82) is 0 Å². The molecule has 0 unspecified atom stereocenters. The molecule has 0 fully saturated rings. The molecular formula is C9H11F6NO5. The Balaban J connectivity index is 5.61. The molecule has 0 radical (unpaired) electrons. The van der Waals surface area contributed by atoms with E-state index in [0.29, 0.717) is 0 Å². The summed E-state index contributed by atoms with van der Waals surface area (Å²) in [5.41, 5.74) is 0. The summed E-state index contributed by atoms with van der Waals surface area (Å²) < 4.78 is 78.2. The molecule has 0 aromatic heterocycles. The van der Waals surface area contributed by atoms with Crippen molar-refractivity contribution in [1.82, 2.24) is 4.90 Å². The molecule has 0 saturated heterocycles. The van der Waals surface area contributed by atoms with Crippen LogP contribution in [0.2, 0.25) is 0 Å². The minimum absolute atomic E-state index is 0.189. The number of alkyl halides is 6. The molecule has 0 aromatic carbocycles. The molecule has 0 spiro atoms. The zero-order valence-electron chi connectivity index (χ0n) is 10.2. The number of aliphatic hydroxyl groups is 2. The molecule has 12 heteroatoms. The first-order valence-corrected chi connectivity index (χ1v) is 5.25. The summed E-state index contributed by atoms with van der Waals surface area (Å²) in [6, 6.07) is 0. The minimum atomic E-state index is -6.51. The molecule has 0 rings (SSSR count). The second-order valence-electron chi connectivity index (χ2n) is 3.77. The van der Waals surface area contributed by atoms with Crippen LogP contribution in [0, 0.1) is 0 Å². The van der Waals surface area contributed by atoms with Crippen LogP contribution in [0.5, 0.6) is 0 Å². The van der Waals surface area contributed by atoms with Gasteiger partial charge in [-0.3, -0.25) is 4.79 Å². The number of amides is 1. The number of carboxylic acid groups (broad SMARTS) is 1. The second kappa shape index (κ2) is 6.47. The van der Waals surface area contributed by atoms with Gasteiger partial charge in [0.15, 0.2) is 0 Å². The maximum absolute atomic E-state index is 13.3. The molecular weight excluding hydrogens is 316 g/mol. The van der Waals surface area contributed by atoms with Crippen molar-refractivity contribution in [3.63, 3.8) is 0 Å². The minimum Gasteiger partial charge on any atom is -0.477 e. The van der Waals surface area contributed by atoms with E-state index in [1.54, 1.807) is 0 Å². The topological polar surface area (TPSA) is 98.1 Å². The summed E-state index contributed by atoms with van der Waals surface area (Å²) >= 11 is 0. The summed E-state index contributed by atoms with van der Waals surface area (Å²) in [4.78, 5) is 21.0. The Morgan fingerprint density at radius 1 is 0.857 bits per heavy atom. The van der Waals surface area contributed by atoms with Crippen LogP contribution in [0.3, 0.4) is 0 Å². The third-order valence-electron chi connectivity index (χ3n) is 2.35. The van der Waals surface area contributed by atoms with Crippen LogP contribution in [-0.4, -0.2) is 76.2 Å². The Kier molecular flexibility index (Phi) is 5.99. The van der Waals surface area contributed by atoms with Gasteiger partial charge in [-0.1, -0.05) is 0 Å². The van der Waals surface area contributed by atoms with E-state index >= 15 is 0 Å². The maximum Gasteiger partial charge on any atom is 0.411 e. The third kappa shape index (κ3) is 3.37. The number of aliphatic carboxylic acids is 1. The first-order chi connectivity index (χ1) is 9.37. The molecule has 1 amide bonds. The predicted molar refractivity (Wildman–Crippen MR) is 53.2 cm³/mol. The first kappa shape index (κ1) is 19.4. The maximum atomic E-state index is 13.3. The smallest absolute Gasteiger partial charge is 0.411 e. The van der Waals surface area contributed by atoms with Crippen molar-refractivity contribution in [2.24, 2.45) is 0 Å². The van der Waals surface area contributed by atoms with Gasteiger partial charge >= 0.3 is 23.7 Å². The molecule has 21 heavy (non-hydrogen) atoms. The number of halogens is 6. The highest BCUT2D eigenvalue weighted by atomic mass is 19.3. The number of hydrogen-bond acceptors (Lipinski definition) is 4. The summed E-state index contributed by atoms with van der Waals surface area (Å²) in [6.07, 6.45) is 0. The lowest BCUT2D eigenvalue weighted by molar-refractivity contribution is -0.296. The van der Waals surface area contributed by atoms with E-state index in [0.717, 1.165) is 0 Å². The monoisotopic (exact) mass is 327 g/mol. The van der Waals surface area contributed by atoms with Gasteiger partial charge in [-0.15, -0.1) is 0 Å². The summed E-state index contributed by atoms with van der Waals surface area (Å²) in [5, 5.41) is 24.9.